The quantitative estimate of drug-likeness (QED) is 0.730. The van der Waals surface area contributed by atoms with Gasteiger partial charge < -0.3 is 5.11 Å². The normalized spacial score (nSPS) is 11.2. The van der Waals surface area contributed by atoms with Crippen LogP contribution in [0.25, 0.3) is 5.69 Å². The average molecular weight is 311 g/mol. The third-order valence-electron chi connectivity index (χ3n) is 3.40. The number of halogens is 1. The van der Waals surface area contributed by atoms with E-state index in [4.69, 9.17) is 0 Å². The van der Waals surface area contributed by atoms with E-state index >= 15 is 0 Å². The molecule has 3 aromatic rings. The average Bonchev–Trinajstić information content (AvgIpc) is 2.82. The van der Waals surface area contributed by atoms with Crippen LogP contribution in [0.1, 0.15) is 11.3 Å². The van der Waals surface area contributed by atoms with Gasteiger partial charge in [0.15, 0.2) is 0 Å². The number of nitrogens with one attached hydrogen (secondary N) is 1. The van der Waals surface area contributed by atoms with E-state index in [9.17, 15) is 14.3 Å². The Balaban J connectivity index is 2.00. The lowest BCUT2D eigenvalue weighted by molar-refractivity contribution is 0.471. The molecule has 0 atom stereocenters. The topological polar surface area (TPSA) is 70.4 Å². The Morgan fingerprint density at radius 1 is 1.22 bits per heavy atom. The van der Waals surface area contributed by atoms with Gasteiger partial charge in [-0.05, 0) is 31.2 Å². The highest BCUT2D eigenvalue weighted by atomic mass is 19.1. The van der Waals surface area contributed by atoms with Crippen LogP contribution in [0.15, 0.2) is 58.3 Å². The number of para-hydroxylation sites is 1. The first kappa shape index (κ1) is 14.8. The molecule has 0 amide bonds. The number of aromatic amines is 1. The van der Waals surface area contributed by atoms with Gasteiger partial charge in [-0.3, -0.25) is 14.9 Å². The van der Waals surface area contributed by atoms with E-state index in [2.05, 4.69) is 10.1 Å². The minimum absolute atomic E-state index is 0.192. The number of benzene rings is 2. The predicted octanol–water partition coefficient (Wildman–Crippen LogP) is 3.07. The van der Waals surface area contributed by atoms with Crippen molar-refractivity contribution in [2.45, 2.75) is 6.92 Å². The molecule has 0 aliphatic heterocycles. The van der Waals surface area contributed by atoms with Gasteiger partial charge in [-0.1, -0.05) is 18.2 Å². The molecule has 3 rings (SSSR count). The third-order valence-corrected chi connectivity index (χ3v) is 3.40. The van der Waals surface area contributed by atoms with Crippen molar-refractivity contribution in [1.29, 1.82) is 0 Å². The highest BCUT2D eigenvalue weighted by Gasteiger charge is 2.10. The largest absolute Gasteiger partial charge is 0.506 e. The van der Waals surface area contributed by atoms with E-state index in [1.54, 1.807) is 6.92 Å². The van der Waals surface area contributed by atoms with E-state index in [0.29, 0.717) is 16.9 Å². The molecule has 0 spiro atoms. The molecule has 1 heterocycles. The van der Waals surface area contributed by atoms with E-state index in [0.717, 1.165) is 6.07 Å². The maximum absolute atomic E-state index is 13.0. The van der Waals surface area contributed by atoms with Gasteiger partial charge in [-0.2, -0.15) is 0 Å². The maximum atomic E-state index is 13.0. The van der Waals surface area contributed by atoms with Crippen LogP contribution in [-0.2, 0) is 0 Å². The molecule has 2 N–H and O–H groups in total. The van der Waals surface area contributed by atoms with Gasteiger partial charge in [0.2, 0.25) is 0 Å². The maximum Gasteiger partial charge on any atom is 0.280 e. The Hall–Kier alpha value is -3.15. The highest BCUT2D eigenvalue weighted by molar-refractivity contribution is 5.83. The molecule has 1 aromatic heterocycles. The van der Waals surface area contributed by atoms with Crippen LogP contribution in [0.2, 0.25) is 0 Å². The third kappa shape index (κ3) is 2.91. The van der Waals surface area contributed by atoms with Crippen LogP contribution in [0.5, 0.6) is 5.75 Å². The molecule has 0 aliphatic rings. The van der Waals surface area contributed by atoms with Gasteiger partial charge in [0, 0.05) is 18.0 Å². The van der Waals surface area contributed by atoms with Crippen molar-refractivity contribution >= 4 is 11.9 Å². The van der Waals surface area contributed by atoms with Crippen LogP contribution in [0.3, 0.4) is 0 Å². The predicted molar refractivity (Wildman–Crippen MR) is 86.4 cm³/mol. The number of phenolic OH excluding ortho intramolecular Hbond substituents is 1. The van der Waals surface area contributed by atoms with Crippen LogP contribution in [0.4, 0.5) is 10.1 Å². The zero-order valence-corrected chi connectivity index (χ0v) is 12.3. The Morgan fingerprint density at radius 3 is 2.65 bits per heavy atom. The molecule has 0 saturated heterocycles. The van der Waals surface area contributed by atoms with Crippen molar-refractivity contribution in [1.82, 2.24) is 9.78 Å². The number of hydrogen-bond acceptors (Lipinski definition) is 3. The molecule has 0 radical (unpaired) electrons. The molecule has 2 aromatic carbocycles. The molecule has 6 heteroatoms. The number of aromatic hydroxyl groups is 1. The fraction of sp³-hybridized carbons (Fsp3) is 0.0588. The number of nitrogens with zero attached hydrogens (tertiary/aromatic N) is 2. The zero-order chi connectivity index (χ0) is 16.4. The molecule has 0 unspecified atom stereocenters. The van der Waals surface area contributed by atoms with Crippen molar-refractivity contribution in [3.63, 3.8) is 0 Å². The lowest BCUT2D eigenvalue weighted by Crippen LogP contribution is -2.17. The second-order valence-corrected chi connectivity index (χ2v) is 5.02. The molecule has 5 nitrogen and oxygen atoms in total. The van der Waals surface area contributed by atoms with Gasteiger partial charge >= 0.3 is 0 Å². The van der Waals surface area contributed by atoms with Crippen molar-refractivity contribution in [2.24, 2.45) is 4.99 Å². The number of rotatable bonds is 3. The standard InChI is InChI=1S/C17H14FN3O2/c1-11-14(10-19-15-8-7-12(18)9-16(15)22)17(23)21(20-11)13-5-3-2-4-6-13/h2-10,20,22H,1H3. The lowest BCUT2D eigenvalue weighted by atomic mass is 10.2. The first-order valence-electron chi connectivity index (χ1n) is 6.96. The summed E-state index contributed by atoms with van der Waals surface area (Å²) in [4.78, 5) is 16.5. The summed E-state index contributed by atoms with van der Waals surface area (Å²) in [7, 11) is 0. The Kier molecular flexibility index (Phi) is 3.80. The summed E-state index contributed by atoms with van der Waals surface area (Å²) in [5.41, 5.74) is 1.67. The molecule has 0 bridgehead atoms. The molecule has 0 saturated carbocycles. The summed E-state index contributed by atoms with van der Waals surface area (Å²) in [5.74, 6) is -0.830. The summed E-state index contributed by atoms with van der Waals surface area (Å²) in [6.45, 7) is 1.76. The number of phenols is 1. The first-order valence-corrected chi connectivity index (χ1v) is 6.96. The van der Waals surface area contributed by atoms with Crippen LogP contribution in [0, 0.1) is 12.7 Å². The number of aliphatic imine (C=N–C) groups is 1. The summed E-state index contributed by atoms with van der Waals surface area (Å²) >= 11 is 0. The van der Waals surface area contributed by atoms with E-state index < -0.39 is 5.82 Å². The van der Waals surface area contributed by atoms with Crippen LogP contribution in [-0.4, -0.2) is 21.1 Å². The SMILES string of the molecule is Cc1[nH]n(-c2ccccc2)c(=O)c1C=Nc1ccc(F)cc1O. The number of aryl methyl sites for hydroxylation is 1. The summed E-state index contributed by atoms with van der Waals surface area (Å²) in [6, 6.07) is 12.7. The minimum atomic E-state index is -0.550. The summed E-state index contributed by atoms with van der Waals surface area (Å²) < 4.78 is 14.4. The number of aromatic nitrogens is 2. The van der Waals surface area contributed by atoms with Gasteiger partial charge in [-0.25, -0.2) is 9.07 Å². The van der Waals surface area contributed by atoms with Gasteiger partial charge in [0.05, 0.1) is 11.3 Å². The van der Waals surface area contributed by atoms with E-state index in [1.165, 1.54) is 23.0 Å². The van der Waals surface area contributed by atoms with Gasteiger partial charge in [-0.15, -0.1) is 0 Å². The molecule has 0 aliphatic carbocycles. The van der Waals surface area contributed by atoms with Gasteiger partial charge in [0.1, 0.15) is 17.3 Å². The molecular formula is C17H14FN3O2. The lowest BCUT2D eigenvalue weighted by Gasteiger charge is -1.99. The molecular weight excluding hydrogens is 297 g/mol. The second kappa shape index (κ2) is 5.92. The second-order valence-electron chi connectivity index (χ2n) is 5.02. The van der Waals surface area contributed by atoms with Crippen molar-refractivity contribution in [3.05, 3.63) is 76.0 Å². The molecule has 116 valence electrons. The minimum Gasteiger partial charge on any atom is -0.506 e. The van der Waals surface area contributed by atoms with Gasteiger partial charge in [0.25, 0.3) is 5.56 Å². The smallest absolute Gasteiger partial charge is 0.280 e. The summed E-state index contributed by atoms with van der Waals surface area (Å²) in [6.07, 6.45) is 1.36. The fourth-order valence-corrected chi connectivity index (χ4v) is 2.21. The van der Waals surface area contributed by atoms with E-state index in [1.807, 2.05) is 30.3 Å². The monoisotopic (exact) mass is 311 g/mol. The molecule has 0 fully saturated rings. The van der Waals surface area contributed by atoms with Crippen molar-refractivity contribution < 1.29 is 9.50 Å². The Bertz CT molecular complexity index is 927. The Morgan fingerprint density at radius 2 is 1.96 bits per heavy atom. The van der Waals surface area contributed by atoms with Crippen LogP contribution < -0.4 is 5.56 Å². The highest BCUT2D eigenvalue weighted by Crippen LogP contribution is 2.26. The Labute approximate surface area is 131 Å². The number of H-pyrrole nitrogens is 1. The van der Waals surface area contributed by atoms with Crippen molar-refractivity contribution in [2.75, 3.05) is 0 Å². The van der Waals surface area contributed by atoms with Crippen LogP contribution >= 0.6 is 0 Å². The summed E-state index contributed by atoms with van der Waals surface area (Å²) in [5, 5.41) is 12.6. The first-order chi connectivity index (χ1) is 11.1. The van der Waals surface area contributed by atoms with Crippen molar-refractivity contribution in [3.8, 4) is 11.4 Å². The molecule has 23 heavy (non-hydrogen) atoms. The fourth-order valence-electron chi connectivity index (χ4n) is 2.21. The zero-order valence-electron chi connectivity index (χ0n) is 12.3. The van der Waals surface area contributed by atoms with E-state index in [-0.39, 0.29) is 17.0 Å². The number of hydrogen-bond donors (Lipinski definition) is 2.